The first-order chi connectivity index (χ1) is 14.9. The van der Waals surface area contributed by atoms with Crippen molar-refractivity contribution in [2.75, 3.05) is 5.32 Å². The molecule has 0 radical (unpaired) electrons. The third-order valence-corrected chi connectivity index (χ3v) is 6.93. The van der Waals surface area contributed by atoms with Gasteiger partial charge in [-0.15, -0.1) is 11.3 Å². The van der Waals surface area contributed by atoms with Crippen molar-refractivity contribution in [2.24, 2.45) is 0 Å². The number of fused-ring (bicyclic) bond motifs is 5. The summed E-state index contributed by atoms with van der Waals surface area (Å²) in [6.45, 7) is 0. The minimum atomic E-state index is 1.10. The van der Waals surface area contributed by atoms with E-state index in [4.69, 9.17) is 0 Å². The Morgan fingerprint density at radius 2 is 1.23 bits per heavy atom. The maximum Gasteiger partial charge on any atom is 0.0590 e. The SMILES string of the molecule is c1ccc(-c2cccc(Nc3cccc4c3sc3c5ccccc5ccc43)c2)cc1. The molecule has 142 valence electrons. The number of rotatable bonds is 3. The van der Waals surface area contributed by atoms with Gasteiger partial charge in [-0.25, -0.2) is 0 Å². The lowest BCUT2D eigenvalue weighted by molar-refractivity contribution is 1.57. The van der Waals surface area contributed by atoms with Crippen LogP contribution in [0.1, 0.15) is 0 Å². The molecule has 1 aromatic heterocycles. The third-order valence-electron chi connectivity index (χ3n) is 5.64. The zero-order valence-electron chi connectivity index (χ0n) is 16.3. The molecule has 1 heterocycles. The van der Waals surface area contributed by atoms with Crippen LogP contribution < -0.4 is 5.32 Å². The Balaban J connectivity index is 1.48. The molecule has 5 aromatic carbocycles. The minimum Gasteiger partial charge on any atom is -0.354 e. The average Bonchev–Trinajstić information content (AvgIpc) is 3.20. The molecular formula is C28H19NS. The van der Waals surface area contributed by atoms with Crippen LogP contribution in [-0.4, -0.2) is 0 Å². The lowest BCUT2D eigenvalue weighted by Crippen LogP contribution is -1.90. The third kappa shape index (κ3) is 2.85. The Morgan fingerprint density at radius 3 is 2.17 bits per heavy atom. The topological polar surface area (TPSA) is 12.0 Å². The van der Waals surface area contributed by atoms with E-state index in [1.807, 2.05) is 11.3 Å². The van der Waals surface area contributed by atoms with Gasteiger partial charge in [-0.2, -0.15) is 0 Å². The molecule has 0 aliphatic carbocycles. The second-order valence-electron chi connectivity index (χ2n) is 7.52. The molecule has 0 spiro atoms. The Labute approximate surface area is 179 Å². The summed E-state index contributed by atoms with van der Waals surface area (Å²) in [5, 5.41) is 8.94. The Morgan fingerprint density at radius 1 is 0.500 bits per heavy atom. The molecule has 0 aliphatic heterocycles. The summed E-state index contributed by atoms with van der Waals surface area (Å²) in [5.74, 6) is 0. The van der Waals surface area contributed by atoms with Gasteiger partial charge < -0.3 is 5.32 Å². The molecule has 0 unspecified atom stereocenters. The van der Waals surface area contributed by atoms with Gasteiger partial charge in [0.2, 0.25) is 0 Å². The molecule has 0 saturated heterocycles. The highest BCUT2D eigenvalue weighted by Gasteiger charge is 2.11. The zero-order valence-corrected chi connectivity index (χ0v) is 17.1. The highest BCUT2D eigenvalue weighted by atomic mass is 32.1. The van der Waals surface area contributed by atoms with Gasteiger partial charge in [0.25, 0.3) is 0 Å². The fraction of sp³-hybridized carbons (Fsp3) is 0. The molecule has 6 rings (SSSR count). The summed E-state index contributed by atoms with van der Waals surface area (Å²) in [7, 11) is 0. The molecule has 0 fully saturated rings. The summed E-state index contributed by atoms with van der Waals surface area (Å²) in [5.41, 5.74) is 4.71. The largest absolute Gasteiger partial charge is 0.354 e. The van der Waals surface area contributed by atoms with Crippen molar-refractivity contribution < 1.29 is 0 Å². The van der Waals surface area contributed by atoms with E-state index in [1.54, 1.807) is 0 Å². The van der Waals surface area contributed by atoms with E-state index >= 15 is 0 Å². The summed E-state index contributed by atoms with van der Waals surface area (Å²) in [6.07, 6.45) is 0. The van der Waals surface area contributed by atoms with Crippen LogP contribution in [0.4, 0.5) is 11.4 Å². The van der Waals surface area contributed by atoms with Gasteiger partial charge in [0.1, 0.15) is 0 Å². The van der Waals surface area contributed by atoms with E-state index in [2.05, 4.69) is 115 Å². The van der Waals surface area contributed by atoms with Crippen LogP contribution in [0.25, 0.3) is 42.1 Å². The van der Waals surface area contributed by atoms with Crippen LogP contribution in [-0.2, 0) is 0 Å². The number of hydrogen-bond acceptors (Lipinski definition) is 2. The van der Waals surface area contributed by atoms with Gasteiger partial charge in [-0.05, 0) is 40.1 Å². The van der Waals surface area contributed by atoms with Crippen molar-refractivity contribution in [1.29, 1.82) is 0 Å². The summed E-state index contributed by atoms with van der Waals surface area (Å²) < 4.78 is 2.66. The fourth-order valence-electron chi connectivity index (χ4n) is 4.19. The highest BCUT2D eigenvalue weighted by molar-refractivity contribution is 7.27. The number of benzene rings is 5. The summed E-state index contributed by atoms with van der Waals surface area (Å²) in [6, 6.07) is 38.8. The summed E-state index contributed by atoms with van der Waals surface area (Å²) >= 11 is 1.88. The van der Waals surface area contributed by atoms with Crippen LogP contribution in [0, 0.1) is 0 Å². The smallest absolute Gasteiger partial charge is 0.0590 e. The predicted octanol–water partition coefficient (Wildman–Crippen LogP) is 8.62. The Bertz CT molecular complexity index is 1510. The van der Waals surface area contributed by atoms with E-state index in [0.717, 1.165) is 11.4 Å². The number of hydrogen-bond donors (Lipinski definition) is 1. The van der Waals surface area contributed by atoms with E-state index < -0.39 is 0 Å². The number of nitrogens with one attached hydrogen (secondary N) is 1. The van der Waals surface area contributed by atoms with Crippen molar-refractivity contribution in [3.05, 3.63) is 109 Å². The molecule has 2 heteroatoms. The van der Waals surface area contributed by atoms with Gasteiger partial charge in [0, 0.05) is 21.2 Å². The van der Waals surface area contributed by atoms with Crippen LogP contribution in [0.15, 0.2) is 109 Å². The van der Waals surface area contributed by atoms with Crippen molar-refractivity contribution in [3.8, 4) is 11.1 Å². The lowest BCUT2D eigenvalue weighted by atomic mass is 10.0. The molecule has 30 heavy (non-hydrogen) atoms. The number of thiophene rings is 1. The van der Waals surface area contributed by atoms with Crippen LogP contribution in [0.3, 0.4) is 0 Å². The van der Waals surface area contributed by atoms with E-state index in [0.29, 0.717) is 0 Å². The first kappa shape index (κ1) is 17.3. The van der Waals surface area contributed by atoms with Gasteiger partial charge in [-0.1, -0.05) is 91.0 Å². The van der Waals surface area contributed by atoms with Crippen molar-refractivity contribution in [1.82, 2.24) is 0 Å². The van der Waals surface area contributed by atoms with Crippen molar-refractivity contribution >= 4 is 53.7 Å². The standard InChI is InChI=1S/C28H19NS/c1-2-8-19(9-3-1)21-11-6-12-22(18-21)29-26-15-7-14-24-25-17-16-20-10-4-5-13-23(20)27(25)30-28(24)26/h1-18,29H. The second-order valence-corrected chi connectivity index (χ2v) is 8.54. The Kier molecular flexibility index (Phi) is 4.03. The van der Waals surface area contributed by atoms with Gasteiger partial charge >= 0.3 is 0 Å². The monoisotopic (exact) mass is 401 g/mol. The first-order valence-electron chi connectivity index (χ1n) is 10.1. The van der Waals surface area contributed by atoms with Crippen LogP contribution in [0.5, 0.6) is 0 Å². The quantitative estimate of drug-likeness (QED) is 0.313. The average molecular weight is 402 g/mol. The van der Waals surface area contributed by atoms with Gasteiger partial charge in [0.15, 0.2) is 0 Å². The molecule has 0 saturated carbocycles. The maximum absolute atomic E-state index is 3.68. The zero-order chi connectivity index (χ0) is 19.9. The Hall–Kier alpha value is -3.62. The number of anilines is 2. The van der Waals surface area contributed by atoms with E-state index in [-0.39, 0.29) is 0 Å². The first-order valence-corrected chi connectivity index (χ1v) is 10.9. The van der Waals surface area contributed by atoms with Crippen LogP contribution >= 0.6 is 11.3 Å². The van der Waals surface area contributed by atoms with Gasteiger partial charge in [0.05, 0.1) is 10.4 Å². The molecular weight excluding hydrogens is 382 g/mol. The normalized spacial score (nSPS) is 11.3. The molecule has 0 bridgehead atoms. The maximum atomic E-state index is 3.68. The van der Waals surface area contributed by atoms with E-state index in [9.17, 15) is 0 Å². The van der Waals surface area contributed by atoms with E-state index in [1.165, 1.54) is 42.1 Å². The lowest BCUT2D eigenvalue weighted by Gasteiger charge is -2.10. The molecule has 0 aliphatic rings. The molecule has 6 aromatic rings. The fourth-order valence-corrected chi connectivity index (χ4v) is 5.49. The predicted molar refractivity (Wildman–Crippen MR) is 132 cm³/mol. The van der Waals surface area contributed by atoms with Gasteiger partial charge in [-0.3, -0.25) is 0 Å². The molecule has 1 nitrogen and oxygen atoms in total. The van der Waals surface area contributed by atoms with Crippen LogP contribution in [0.2, 0.25) is 0 Å². The molecule has 1 N–H and O–H groups in total. The molecule has 0 amide bonds. The second kappa shape index (κ2) is 7.01. The minimum absolute atomic E-state index is 1.10. The summed E-state index contributed by atoms with van der Waals surface area (Å²) in [4.78, 5) is 0. The van der Waals surface area contributed by atoms with Crippen molar-refractivity contribution in [2.45, 2.75) is 0 Å². The highest BCUT2D eigenvalue weighted by Crippen LogP contribution is 2.42. The van der Waals surface area contributed by atoms with Crippen molar-refractivity contribution in [3.63, 3.8) is 0 Å². The molecule has 0 atom stereocenters.